The number of aliphatic hydroxyl groups excluding tert-OH is 1. The second-order valence-electron chi connectivity index (χ2n) is 8.71. The van der Waals surface area contributed by atoms with Crippen molar-refractivity contribution in [1.82, 2.24) is 5.32 Å². The van der Waals surface area contributed by atoms with Gasteiger partial charge in [-0.15, -0.1) is 0 Å². The zero-order valence-electron chi connectivity index (χ0n) is 18.9. The fourth-order valence-electron chi connectivity index (χ4n) is 4.32. The van der Waals surface area contributed by atoms with Crippen LogP contribution in [0.2, 0.25) is 0 Å². The number of unbranched alkanes of at least 4 members (excludes halogenated alkanes) is 3. The molecule has 1 aliphatic carbocycles. The van der Waals surface area contributed by atoms with Crippen molar-refractivity contribution in [1.29, 1.82) is 0 Å². The van der Waals surface area contributed by atoms with Crippen LogP contribution in [0.25, 0.3) is 0 Å². The molecule has 1 fully saturated rings. The molecule has 1 aliphatic rings. The molecule has 0 aromatic rings. The predicted molar refractivity (Wildman–Crippen MR) is 119 cm³/mol. The second kappa shape index (κ2) is 13.9. The fraction of sp³-hybridized carbons (Fsp3) is 0.792. The highest BCUT2D eigenvalue weighted by Crippen LogP contribution is 2.40. The minimum absolute atomic E-state index is 0.160. The summed E-state index contributed by atoms with van der Waals surface area (Å²) in [5, 5.41) is 24.6. The zero-order chi connectivity index (χ0) is 21.7. The summed E-state index contributed by atoms with van der Waals surface area (Å²) in [6.07, 6.45) is 15.8. The Morgan fingerprint density at radius 2 is 2.03 bits per heavy atom. The molecule has 0 bridgehead atoms. The van der Waals surface area contributed by atoms with Gasteiger partial charge in [-0.25, -0.2) is 0 Å². The number of ether oxygens (including phenoxy) is 1. The van der Waals surface area contributed by atoms with Gasteiger partial charge in [-0.1, -0.05) is 50.5 Å². The molecule has 0 amide bonds. The minimum atomic E-state index is -0.790. The van der Waals surface area contributed by atoms with E-state index in [-0.39, 0.29) is 23.9 Å². The molecule has 0 aromatic carbocycles. The topological polar surface area (TPSA) is 78.8 Å². The molecule has 1 saturated carbocycles. The first-order valence-electron chi connectivity index (χ1n) is 11.3. The van der Waals surface area contributed by atoms with Crippen molar-refractivity contribution in [3.05, 3.63) is 24.3 Å². The fourth-order valence-corrected chi connectivity index (χ4v) is 4.32. The SMILES string of the molecule is CCCCCC(C)(O)/C=C/[C@H]1[C@H](CNC)C[C@H](O)[C@@H]1C/C=C\CCCC(=O)OC. The van der Waals surface area contributed by atoms with Crippen molar-refractivity contribution in [2.45, 2.75) is 83.3 Å². The Labute approximate surface area is 177 Å². The van der Waals surface area contributed by atoms with E-state index in [4.69, 9.17) is 0 Å². The van der Waals surface area contributed by atoms with Crippen LogP contribution in [0.5, 0.6) is 0 Å². The molecule has 0 aromatic heterocycles. The van der Waals surface area contributed by atoms with E-state index in [2.05, 4.69) is 35.2 Å². The number of methoxy groups -OCH3 is 1. The lowest BCUT2D eigenvalue weighted by molar-refractivity contribution is -0.140. The van der Waals surface area contributed by atoms with Gasteiger partial charge in [0.15, 0.2) is 0 Å². The van der Waals surface area contributed by atoms with Crippen molar-refractivity contribution < 1.29 is 19.7 Å². The number of aliphatic hydroxyl groups is 2. The molecule has 0 radical (unpaired) electrons. The normalized spacial score (nSPS) is 27.0. The van der Waals surface area contributed by atoms with Crippen LogP contribution in [0.4, 0.5) is 0 Å². The number of nitrogens with one attached hydrogen (secondary N) is 1. The van der Waals surface area contributed by atoms with E-state index in [0.717, 1.165) is 57.9 Å². The first kappa shape index (κ1) is 25.9. The maximum Gasteiger partial charge on any atom is 0.305 e. The number of carbonyl (C=O) groups excluding carboxylic acids is 1. The smallest absolute Gasteiger partial charge is 0.305 e. The van der Waals surface area contributed by atoms with E-state index < -0.39 is 5.60 Å². The monoisotopic (exact) mass is 409 g/mol. The Morgan fingerprint density at radius 1 is 1.28 bits per heavy atom. The van der Waals surface area contributed by atoms with Crippen molar-refractivity contribution >= 4 is 5.97 Å². The second-order valence-corrected chi connectivity index (χ2v) is 8.71. The van der Waals surface area contributed by atoms with Crippen LogP contribution >= 0.6 is 0 Å². The highest BCUT2D eigenvalue weighted by atomic mass is 16.5. The van der Waals surface area contributed by atoms with Gasteiger partial charge in [0.05, 0.1) is 18.8 Å². The van der Waals surface area contributed by atoms with Crippen molar-refractivity contribution in [3.8, 4) is 0 Å². The highest BCUT2D eigenvalue weighted by Gasteiger charge is 2.40. The Morgan fingerprint density at radius 3 is 2.69 bits per heavy atom. The van der Waals surface area contributed by atoms with Crippen LogP contribution in [0.15, 0.2) is 24.3 Å². The van der Waals surface area contributed by atoms with E-state index in [0.29, 0.717) is 12.3 Å². The molecule has 5 nitrogen and oxygen atoms in total. The first-order chi connectivity index (χ1) is 13.8. The summed E-state index contributed by atoms with van der Waals surface area (Å²) in [7, 11) is 3.36. The van der Waals surface area contributed by atoms with Gasteiger partial charge < -0.3 is 20.3 Å². The molecule has 5 atom stereocenters. The Hall–Kier alpha value is -1.17. The van der Waals surface area contributed by atoms with Gasteiger partial charge in [0.1, 0.15) is 0 Å². The van der Waals surface area contributed by atoms with Crippen molar-refractivity contribution in [2.75, 3.05) is 20.7 Å². The number of hydrogen-bond acceptors (Lipinski definition) is 5. The average molecular weight is 410 g/mol. The van der Waals surface area contributed by atoms with Gasteiger partial charge in [0, 0.05) is 6.42 Å². The van der Waals surface area contributed by atoms with Crippen LogP contribution in [0, 0.1) is 17.8 Å². The number of hydrogen-bond donors (Lipinski definition) is 3. The van der Waals surface area contributed by atoms with Crippen molar-refractivity contribution in [3.63, 3.8) is 0 Å². The number of carbonyl (C=O) groups is 1. The van der Waals surface area contributed by atoms with Crippen LogP contribution in [-0.4, -0.2) is 48.6 Å². The Balaban J connectivity index is 2.67. The summed E-state index contributed by atoms with van der Waals surface area (Å²) in [4.78, 5) is 11.2. The van der Waals surface area contributed by atoms with Gasteiger partial charge >= 0.3 is 5.97 Å². The zero-order valence-corrected chi connectivity index (χ0v) is 18.9. The maximum absolute atomic E-state index is 11.2. The third-order valence-corrected chi connectivity index (χ3v) is 6.06. The van der Waals surface area contributed by atoms with E-state index in [1.54, 1.807) is 0 Å². The molecule has 0 spiro atoms. The maximum atomic E-state index is 11.2. The molecule has 168 valence electrons. The minimum Gasteiger partial charge on any atom is -0.469 e. The molecule has 3 N–H and O–H groups in total. The molecular weight excluding hydrogens is 366 g/mol. The van der Waals surface area contributed by atoms with Gasteiger partial charge in [0.25, 0.3) is 0 Å². The highest BCUT2D eigenvalue weighted by molar-refractivity contribution is 5.69. The summed E-state index contributed by atoms with van der Waals surface area (Å²) in [6.45, 7) is 4.91. The number of allylic oxidation sites excluding steroid dienone is 3. The van der Waals surface area contributed by atoms with E-state index in [9.17, 15) is 15.0 Å². The third kappa shape index (κ3) is 9.92. The lowest BCUT2D eigenvalue weighted by atomic mass is 9.84. The Kier molecular flexibility index (Phi) is 12.4. The summed E-state index contributed by atoms with van der Waals surface area (Å²) >= 11 is 0. The van der Waals surface area contributed by atoms with Crippen molar-refractivity contribution in [2.24, 2.45) is 17.8 Å². The molecule has 1 rings (SSSR count). The molecule has 0 aliphatic heterocycles. The van der Waals surface area contributed by atoms with Crippen LogP contribution in [0.1, 0.15) is 71.6 Å². The molecular formula is C24H43NO4. The van der Waals surface area contributed by atoms with Crippen LogP contribution in [0.3, 0.4) is 0 Å². The van der Waals surface area contributed by atoms with E-state index >= 15 is 0 Å². The average Bonchev–Trinajstić information content (AvgIpc) is 2.97. The Bertz CT molecular complexity index is 515. The molecule has 5 heteroatoms. The molecule has 0 heterocycles. The van der Waals surface area contributed by atoms with Gasteiger partial charge in [-0.3, -0.25) is 4.79 Å². The number of rotatable bonds is 14. The van der Waals surface area contributed by atoms with Crippen LogP contribution < -0.4 is 5.32 Å². The lowest BCUT2D eigenvalue weighted by Crippen LogP contribution is -2.26. The quantitative estimate of drug-likeness (QED) is 0.230. The van der Waals surface area contributed by atoms with E-state index in [1.165, 1.54) is 7.11 Å². The summed E-state index contributed by atoms with van der Waals surface area (Å²) in [5.41, 5.74) is -0.790. The molecule has 1 unspecified atom stereocenters. The number of esters is 1. The predicted octanol–water partition coefficient (Wildman–Crippen LogP) is 4.00. The lowest BCUT2D eigenvalue weighted by Gasteiger charge is -2.24. The van der Waals surface area contributed by atoms with Gasteiger partial charge in [0.2, 0.25) is 0 Å². The van der Waals surface area contributed by atoms with Gasteiger partial charge in [-0.2, -0.15) is 0 Å². The largest absolute Gasteiger partial charge is 0.469 e. The summed E-state index contributed by atoms with van der Waals surface area (Å²) in [5.74, 6) is 0.605. The molecule has 0 saturated heterocycles. The third-order valence-electron chi connectivity index (χ3n) is 6.06. The summed E-state index contributed by atoms with van der Waals surface area (Å²) < 4.78 is 4.66. The molecule has 29 heavy (non-hydrogen) atoms. The summed E-state index contributed by atoms with van der Waals surface area (Å²) in [6, 6.07) is 0. The van der Waals surface area contributed by atoms with E-state index in [1.807, 2.05) is 20.0 Å². The van der Waals surface area contributed by atoms with Crippen LogP contribution in [-0.2, 0) is 9.53 Å². The first-order valence-corrected chi connectivity index (χ1v) is 11.3. The standard InChI is InChI=1S/C24H43NO4/c1-5-6-11-15-24(2,28)16-14-20-19(18-25-3)17-22(26)21(20)12-9-7-8-10-13-23(27)29-4/h7,9,14,16,19-22,25-26,28H,5-6,8,10-13,15,17-18H2,1-4H3/b9-7-,16-14+/t19-,20-,21+,22-,24?/m0/s1. The van der Waals surface area contributed by atoms with Gasteiger partial charge in [-0.05, 0) is 70.4 Å².